The Morgan fingerprint density at radius 1 is 1.71 bits per heavy atom. The number of anilines is 1. The Kier molecular flexibility index (Phi) is 4.86. The molecule has 0 saturated heterocycles. The van der Waals surface area contributed by atoms with Gasteiger partial charge in [-0.2, -0.15) is 0 Å². The molecule has 0 aliphatic carbocycles. The van der Waals surface area contributed by atoms with Gasteiger partial charge < -0.3 is 21.1 Å². The van der Waals surface area contributed by atoms with E-state index in [1.165, 1.54) is 11.3 Å². The van der Waals surface area contributed by atoms with E-state index in [0.717, 1.165) is 6.54 Å². The molecule has 1 rings (SSSR count). The van der Waals surface area contributed by atoms with Gasteiger partial charge in [0.05, 0.1) is 5.69 Å². The lowest BCUT2D eigenvalue weighted by Crippen LogP contribution is -2.31. The summed E-state index contributed by atoms with van der Waals surface area (Å²) < 4.78 is 0. The molecule has 0 bridgehead atoms. The third-order valence-electron chi connectivity index (χ3n) is 2.54. The first-order valence-electron chi connectivity index (χ1n) is 5.26. The second kappa shape index (κ2) is 5.95. The Balaban J connectivity index is 2.54. The normalized spacial score (nSPS) is 14.6. The first-order valence-corrected chi connectivity index (χ1v) is 6.14. The Hall–Kier alpha value is -1.18. The lowest BCUT2D eigenvalue weighted by Gasteiger charge is -2.19. The molecular formula is C10H18N4O2S. The second-order valence-corrected chi connectivity index (χ2v) is 4.95. The van der Waals surface area contributed by atoms with Crippen LogP contribution in [-0.4, -0.2) is 47.6 Å². The number of thiazole rings is 1. The smallest absolute Gasteiger partial charge is 0.326 e. The predicted octanol–water partition coefficient (Wildman–Crippen LogP) is 0.590. The highest BCUT2D eigenvalue weighted by Gasteiger charge is 2.17. The van der Waals surface area contributed by atoms with Crippen molar-refractivity contribution < 1.29 is 9.90 Å². The van der Waals surface area contributed by atoms with Gasteiger partial charge in [-0.25, -0.2) is 4.98 Å². The summed E-state index contributed by atoms with van der Waals surface area (Å²) in [5.74, 6) is -1.07. The molecule has 1 heterocycles. The zero-order valence-electron chi connectivity index (χ0n) is 10.2. The van der Waals surface area contributed by atoms with Gasteiger partial charge >= 0.3 is 5.97 Å². The topological polar surface area (TPSA) is 91.5 Å². The third kappa shape index (κ3) is 3.95. The summed E-state index contributed by atoms with van der Waals surface area (Å²) in [6.07, 6.45) is 0. The number of rotatable bonds is 6. The SMILES string of the molecule is CC(CNc1nc(C(N)C(=O)O)cs1)N(C)C. The lowest BCUT2D eigenvalue weighted by atomic mass is 10.2. The number of nitrogens with two attached hydrogens (primary N) is 1. The minimum Gasteiger partial charge on any atom is -0.480 e. The maximum atomic E-state index is 10.7. The van der Waals surface area contributed by atoms with Crippen LogP contribution in [0.4, 0.5) is 5.13 Å². The Bertz CT molecular complexity index is 380. The summed E-state index contributed by atoms with van der Waals surface area (Å²) in [6, 6.07) is -0.677. The summed E-state index contributed by atoms with van der Waals surface area (Å²) in [7, 11) is 4.00. The number of likely N-dealkylation sites (N-methyl/N-ethyl adjacent to an activating group) is 1. The number of carbonyl (C=O) groups is 1. The van der Waals surface area contributed by atoms with E-state index in [9.17, 15) is 4.79 Å². The van der Waals surface area contributed by atoms with E-state index in [1.54, 1.807) is 5.38 Å². The Morgan fingerprint density at radius 3 is 2.88 bits per heavy atom. The van der Waals surface area contributed by atoms with E-state index in [0.29, 0.717) is 16.9 Å². The number of hydrogen-bond donors (Lipinski definition) is 3. The molecule has 0 spiro atoms. The van der Waals surface area contributed by atoms with Crippen LogP contribution in [0.3, 0.4) is 0 Å². The third-order valence-corrected chi connectivity index (χ3v) is 3.36. The molecule has 2 atom stereocenters. The van der Waals surface area contributed by atoms with E-state index >= 15 is 0 Å². The molecule has 2 unspecified atom stereocenters. The minimum atomic E-state index is -1.07. The summed E-state index contributed by atoms with van der Waals surface area (Å²) >= 11 is 1.36. The summed E-state index contributed by atoms with van der Waals surface area (Å²) in [6.45, 7) is 2.84. The second-order valence-electron chi connectivity index (χ2n) is 4.09. The van der Waals surface area contributed by atoms with Gasteiger partial charge in [-0.15, -0.1) is 11.3 Å². The number of aliphatic carboxylic acids is 1. The van der Waals surface area contributed by atoms with Gasteiger partial charge in [-0.1, -0.05) is 0 Å². The predicted molar refractivity (Wildman–Crippen MR) is 68.3 cm³/mol. The highest BCUT2D eigenvalue weighted by Crippen LogP contribution is 2.19. The first kappa shape index (κ1) is 13.9. The number of hydrogen-bond acceptors (Lipinski definition) is 6. The molecular weight excluding hydrogens is 240 g/mol. The molecule has 0 amide bonds. The zero-order chi connectivity index (χ0) is 13.0. The van der Waals surface area contributed by atoms with Crippen molar-refractivity contribution in [2.24, 2.45) is 5.73 Å². The zero-order valence-corrected chi connectivity index (χ0v) is 11.0. The lowest BCUT2D eigenvalue weighted by molar-refractivity contribution is -0.138. The maximum absolute atomic E-state index is 10.7. The standard InChI is InChI=1S/C10H18N4O2S/c1-6(14(2)3)4-12-10-13-7(5-17-10)8(11)9(15)16/h5-6,8H,4,11H2,1-3H3,(H,12,13)(H,15,16). The monoisotopic (exact) mass is 258 g/mol. The molecule has 0 aromatic carbocycles. The van der Waals surface area contributed by atoms with Gasteiger partial charge in [0, 0.05) is 18.0 Å². The number of carboxylic acid groups (broad SMARTS) is 1. The van der Waals surface area contributed by atoms with E-state index in [4.69, 9.17) is 10.8 Å². The van der Waals surface area contributed by atoms with Gasteiger partial charge in [0.1, 0.15) is 6.04 Å². The van der Waals surface area contributed by atoms with Gasteiger partial charge in [0.2, 0.25) is 0 Å². The fourth-order valence-corrected chi connectivity index (χ4v) is 1.81. The summed E-state index contributed by atoms with van der Waals surface area (Å²) in [5.41, 5.74) is 5.86. The molecule has 1 aromatic heterocycles. The number of nitrogens with zero attached hydrogens (tertiary/aromatic N) is 2. The van der Waals surface area contributed by atoms with Crippen LogP contribution in [0.2, 0.25) is 0 Å². The highest BCUT2D eigenvalue weighted by atomic mass is 32.1. The molecule has 0 saturated carbocycles. The molecule has 96 valence electrons. The van der Waals surface area contributed by atoms with Gasteiger partial charge in [0.15, 0.2) is 5.13 Å². The molecule has 1 aromatic rings. The van der Waals surface area contributed by atoms with Crippen LogP contribution in [-0.2, 0) is 4.79 Å². The Labute approximate surface area is 104 Å². The van der Waals surface area contributed by atoms with Crippen molar-refractivity contribution in [1.29, 1.82) is 0 Å². The van der Waals surface area contributed by atoms with E-state index in [-0.39, 0.29) is 0 Å². The summed E-state index contributed by atoms with van der Waals surface area (Å²) in [4.78, 5) is 16.9. The van der Waals surface area contributed by atoms with Gasteiger partial charge in [0.25, 0.3) is 0 Å². The average Bonchev–Trinajstić information content (AvgIpc) is 2.72. The molecule has 6 nitrogen and oxygen atoms in total. The van der Waals surface area contributed by atoms with Crippen molar-refractivity contribution in [3.63, 3.8) is 0 Å². The number of carboxylic acids is 1. The Morgan fingerprint density at radius 2 is 2.35 bits per heavy atom. The quantitative estimate of drug-likeness (QED) is 0.691. The molecule has 0 aliphatic rings. The van der Waals surface area contributed by atoms with Crippen LogP contribution in [0.15, 0.2) is 5.38 Å². The summed E-state index contributed by atoms with van der Waals surface area (Å²) in [5, 5.41) is 14.3. The largest absolute Gasteiger partial charge is 0.480 e. The molecule has 4 N–H and O–H groups in total. The fraction of sp³-hybridized carbons (Fsp3) is 0.600. The van der Waals surface area contributed by atoms with Crippen molar-refractivity contribution in [2.75, 3.05) is 26.0 Å². The van der Waals surface area contributed by atoms with Crippen molar-refractivity contribution in [1.82, 2.24) is 9.88 Å². The molecule has 0 fully saturated rings. The minimum absolute atomic E-state index is 0.371. The van der Waals surface area contributed by atoms with Gasteiger partial charge in [-0.3, -0.25) is 4.79 Å². The van der Waals surface area contributed by atoms with Crippen LogP contribution in [0, 0.1) is 0 Å². The van der Waals surface area contributed by atoms with Crippen LogP contribution in [0.25, 0.3) is 0 Å². The van der Waals surface area contributed by atoms with Gasteiger partial charge in [-0.05, 0) is 21.0 Å². The molecule has 17 heavy (non-hydrogen) atoms. The average molecular weight is 258 g/mol. The van der Waals surface area contributed by atoms with E-state index in [2.05, 4.69) is 22.1 Å². The van der Waals surface area contributed by atoms with Crippen LogP contribution < -0.4 is 11.1 Å². The van der Waals surface area contributed by atoms with Crippen molar-refractivity contribution in [2.45, 2.75) is 19.0 Å². The number of nitrogens with one attached hydrogen (secondary N) is 1. The van der Waals surface area contributed by atoms with E-state index in [1.807, 2.05) is 14.1 Å². The van der Waals surface area contributed by atoms with E-state index < -0.39 is 12.0 Å². The molecule has 0 radical (unpaired) electrons. The van der Waals surface area contributed by atoms with Crippen molar-refractivity contribution in [3.05, 3.63) is 11.1 Å². The maximum Gasteiger partial charge on any atom is 0.326 e. The first-order chi connectivity index (χ1) is 7.91. The van der Waals surface area contributed by atoms with Crippen LogP contribution >= 0.6 is 11.3 Å². The van der Waals surface area contributed by atoms with Crippen molar-refractivity contribution >= 4 is 22.4 Å². The molecule has 0 aliphatic heterocycles. The molecule has 7 heteroatoms. The highest BCUT2D eigenvalue weighted by molar-refractivity contribution is 7.13. The number of aromatic nitrogens is 1. The van der Waals surface area contributed by atoms with Crippen LogP contribution in [0.5, 0.6) is 0 Å². The van der Waals surface area contributed by atoms with Crippen molar-refractivity contribution in [3.8, 4) is 0 Å². The fourth-order valence-electron chi connectivity index (χ4n) is 1.05. The van der Waals surface area contributed by atoms with Crippen LogP contribution in [0.1, 0.15) is 18.7 Å².